The molecule has 0 aromatic carbocycles. The van der Waals surface area contributed by atoms with E-state index in [0.29, 0.717) is 6.54 Å². The second-order valence-electron chi connectivity index (χ2n) is 6.91. The minimum absolute atomic E-state index is 0.627. The molecule has 2 N–H and O–H groups in total. The maximum atomic E-state index is 5.63. The molecule has 4 bridgehead atoms. The third-order valence-electron chi connectivity index (χ3n) is 5.78. The van der Waals surface area contributed by atoms with Crippen molar-refractivity contribution in [2.75, 3.05) is 6.54 Å². The maximum Gasteiger partial charge on any atom is 0.152 e. The van der Waals surface area contributed by atoms with E-state index in [4.69, 9.17) is 5.73 Å². The summed E-state index contributed by atoms with van der Waals surface area (Å²) in [6.45, 7) is 1.65. The monoisotopic (exact) mass is 261 g/mol. The van der Waals surface area contributed by atoms with Crippen molar-refractivity contribution in [3.8, 4) is 0 Å². The summed E-state index contributed by atoms with van der Waals surface area (Å²) >= 11 is 0. The fourth-order valence-electron chi connectivity index (χ4n) is 5.21. The predicted octanol–water partition coefficient (Wildman–Crippen LogP) is 1.25. The van der Waals surface area contributed by atoms with Crippen LogP contribution in [0.15, 0.2) is 0 Å². The van der Waals surface area contributed by atoms with Crippen LogP contribution in [0.1, 0.15) is 37.9 Å². The SMILES string of the molecule is NCCc1nnnn1CC1C2CC3CC(C2)CC1C3. The maximum absolute atomic E-state index is 5.63. The summed E-state index contributed by atoms with van der Waals surface area (Å²) in [5.74, 6) is 5.73. The van der Waals surface area contributed by atoms with E-state index < -0.39 is 0 Å². The third kappa shape index (κ3) is 1.98. The predicted molar refractivity (Wildman–Crippen MR) is 71.1 cm³/mol. The van der Waals surface area contributed by atoms with Gasteiger partial charge in [0.05, 0.1) is 0 Å². The minimum Gasteiger partial charge on any atom is -0.330 e. The van der Waals surface area contributed by atoms with Gasteiger partial charge in [-0.1, -0.05) is 0 Å². The average molecular weight is 261 g/mol. The summed E-state index contributed by atoms with van der Waals surface area (Å²) in [5.41, 5.74) is 5.63. The van der Waals surface area contributed by atoms with Crippen LogP contribution >= 0.6 is 0 Å². The summed E-state index contributed by atoms with van der Waals surface area (Å²) in [6.07, 6.45) is 8.17. The van der Waals surface area contributed by atoms with Crippen molar-refractivity contribution in [1.29, 1.82) is 0 Å². The van der Waals surface area contributed by atoms with E-state index in [-0.39, 0.29) is 0 Å². The molecule has 0 aliphatic heterocycles. The van der Waals surface area contributed by atoms with Gasteiger partial charge in [-0.05, 0) is 78.7 Å². The molecule has 1 heterocycles. The Labute approximate surface area is 113 Å². The normalized spacial score (nSPS) is 39.9. The van der Waals surface area contributed by atoms with Gasteiger partial charge in [0.1, 0.15) is 0 Å². The number of tetrazole rings is 1. The highest BCUT2D eigenvalue weighted by Gasteiger charge is 2.48. The second kappa shape index (κ2) is 4.54. The second-order valence-corrected chi connectivity index (χ2v) is 6.91. The molecule has 0 unspecified atom stereocenters. The lowest BCUT2D eigenvalue weighted by Gasteiger charge is -2.54. The molecule has 19 heavy (non-hydrogen) atoms. The first-order chi connectivity index (χ1) is 9.33. The van der Waals surface area contributed by atoms with Gasteiger partial charge >= 0.3 is 0 Å². The first-order valence-electron chi connectivity index (χ1n) is 7.78. The van der Waals surface area contributed by atoms with Gasteiger partial charge in [-0.2, -0.15) is 0 Å². The average Bonchev–Trinajstić information content (AvgIpc) is 2.81. The molecular weight excluding hydrogens is 238 g/mol. The Morgan fingerprint density at radius 1 is 1.05 bits per heavy atom. The quantitative estimate of drug-likeness (QED) is 0.885. The van der Waals surface area contributed by atoms with Crippen LogP contribution in [0.2, 0.25) is 0 Å². The van der Waals surface area contributed by atoms with Crippen molar-refractivity contribution < 1.29 is 0 Å². The summed E-state index contributed by atoms with van der Waals surface area (Å²) in [7, 11) is 0. The van der Waals surface area contributed by atoms with Gasteiger partial charge in [0, 0.05) is 13.0 Å². The van der Waals surface area contributed by atoms with Crippen LogP contribution in [0.25, 0.3) is 0 Å². The van der Waals surface area contributed by atoms with Crippen molar-refractivity contribution in [3.63, 3.8) is 0 Å². The lowest BCUT2D eigenvalue weighted by atomic mass is 9.52. The molecule has 0 saturated heterocycles. The van der Waals surface area contributed by atoms with Crippen molar-refractivity contribution in [2.24, 2.45) is 35.3 Å². The van der Waals surface area contributed by atoms with Gasteiger partial charge in [-0.25, -0.2) is 4.68 Å². The number of hydrogen-bond acceptors (Lipinski definition) is 4. The lowest BCUT2D eigenvalue weighted by Crippen LogP contribution is -2.46. The van der Waals surface area contributed by atoms with E-state index in [0.717, 1.165) is 48.4 Å². The van der Waals surface area contributed by atoms with Crippen LogP contribution in [0.4, 0.5) is 0 Å². The van der Waals surface area contributed by atoms with Crippen molar-refractivity contribution in [1.82, 2.24) is 20.2 Å². The first-order valence-corrected chi connectivity index (χ1v) is 7.78. The lowest BCUT2D eigenvalue weighted by molar-refractivity contribution is -0.0447. The Morgan fingerprint density at radius 2 is 1.74 bits per heavy atom. The smallest absolute Gasteiger partial charge is 0.152 e. The van der Waals surface area contributed by atoms with Crippen LogP contribution in [0.5, 0.6) is 0 Å². The Kier molecular flexibility index (Phi) is 2.83. The van der Waals surface area contributed by atoms with Crippen LogP contribution in [0, 0.1) is 29.6 Å². The zero-order valence-electron chi connectivity index (χ0n) is 11.4. The van der Waals surface area contributed by atoms with Crippen molar-refractivity contribution in [3.05, 3.63) is 5.82 Å². The summed E-state index contributed by atoms with van der Waals surface area (Å²) in [6, 6.07) is 0. The Bertz CT molecular complexity index is 426. The third-order valence-corrected chi connectivity index (χ3v) is 5.78. The Balaban J connectivity index is 1.52. The first kappa shape index (κ1) is 11.8. The largest absolute Gasteiger partial charge is 0.330 e. The van der Waals surface area contributed by atoms with Gasteiger partial charge < -0.3 is 5.73 Å². The Hall–Kier alpha value is -0.970. The molecule has 0 radical (unpaired) electrons. The topological polar surface area (TPSA) is 69.6 Å². The number of nitrogens with zero attached hydrogens (tertiary/aromatic N) is 4. The summed E-state index contributed by atoms with van der Waals surface area (Å²) in [4.78, 5) is 0. The van der Waals surface area contributed by atoms with Crippen LogP contribution < -0.4 is 5.73 Å². The van der Waals surface area contributed by atoms with E-state index >= 15 is 0 Å². The number of rotatable bonds is 4. The van der Waals surface area contributed by atoms with E-state index in [9.17, 15) is 0 Å². The standard InChI is InChI=1S/C14H23N5/c15-2-1-14-16-17-18-19(14)8-13-11-4-9-3-10(6-11)7-12(13)5-9/h9-13H,1-8,15H2. The molecule has 0 amide bonds. The van der Waals surface area contributed by atoms with Gasteiger partial charge in [-0.3, -0.25) is 0 Å². The van der Waals surface area contributed by atoms with Gasteiger partial charge in [0.25, 0.3) is 0 Å². The summed E-state index contributed by atoms with van der Waals surface area (Å²) < 4.78 is 2.03. The van der Waals surface area contributed by atoms with Crippen LogP contribution in [-0.2, 0) is 13.0 Å². The van der Waals surface area contributed by atoms with Crippen molar-refractivity contribution in [2.45, 2.75) is 45.1 Å². The highest BCUT2D eigenvalue weighted by molar-refractivity contribution is 4.98. The van der Waals surface area contributed by atoms with Gasteiger partial charge in [-0.15, -0.1) is 5.10 Å². The molecular formula is C14H23N5. The van der Waals surface area contributed by atoms with Crippen LogP contribution in [0.3, 0.4) is 0 Å². The van der Waals surface area contributed by atoms with Gasteiger partial charge in [0.2, 0.25) is 0 Å². The highest BCUT2D eigenvalue weighted by atomic mass is 15.5. The van der Waals surface area contributed by atoms with Crippen LogP contribution in [-0.4, -0.2) is 26.8 Å². The molecule has 0 spiro atoms. The minimum atomic E-state index is 0.627. The summed E-state index contributed by atoms with van der Waals surface area (Å²) in [5, 5.41) is 12.1. The highest BCUT2D eigenvalue weighted by Crippen LogP contribution is 2.56. The molecule has 4 fully saturated rings. The molecule has 0 atom stereocenters. The van der Waals surface area contributed by atoms with E-state index in [1.165, 1.54) is 32.1 Å². The zero-order chi connectivity index (χ0) is 12.8. The van der Waals surface area contributed by atoms with E-state index in [2.05, 4.69) is 15.5 Å². The molecule has 1 aromatic heterocycles. The zero-order valence-corrected chi connectivity index (χ0v) is 11.4. The Morgan fingerprint density at radius 3 is 2.37 bits per heavy atom. The molecule has 5 nitrogen and oxygen atoms in total. The molecule has 104 valence electrons. The van der Waals surface area contributed by atoms with Crippen molar-refractivity contribution >= 4 is 0 Å². The fraction of sp³-hybridized carbons (Fsp3) is 0.929. The number of aromatic nitrogens is 4. The number of nitrogens with two attached hydrogens (primary N) is 1. The molecule has 4 aliphatic rings. The number of hydrogen-bond donors (Lipinski definition) is 1. The van der Waals surface area contributed by atoms with E-state index in [1.807, 2.05) is 4.68 Å². The molecule has 1 aromatic rings. The molecule has 4 saturated carbocycles. The van der Waals surface area contributed by atoms with E-state index in [1.54, 1.807) is 0 Å². The fourth-order valence-corrected chi connectivity index (χ4v) is 5.21. The molecule has 4 aliphatic carbocycles. The molecule has 5 rings (SSSR count). The van der Waals surface area contributed by atoms with Gasteiger partial charge in [0.15, 0.2) is 5.82 Å². The molecule has 5 heteroatoms.